The number of nitrogens with two attached hydrogens (primary N) is 1. The number of imidazole rings is 1. The Morgan fingerprint density at radius 2 is 2.00 bits per heavy atom. The van der Waals surface area contributed by atoms with Crippen LogP contribution >= 0.6 is 0 Å². The van der Waals surface area contributed by atoms with E-state index in [4.69, 9.17) is 10.3 Å². The molecule has 0 aliphatic carbocycles. The van der Waals surface area contributed by atoms with Gasteiger partial charge in [-0.1, -0.05) is 38.1 Å². The van der Waals surface area contributed by atoms with Crippen molar-refractivity contribution in [1.29, 1.82) is 0 Å². The number of aromatic amines is 1. The molecule has 3 rings (SSSR count). The van der Waals surface area contributed by atoms with Crippen LogP contribution in [0.4, 0.5) is 0 Å². The minimum Gasteiger partial charge on any atom is -0.342 e. The number of H-pyrrole nitrogens is 1. The summed E-state index contributed by atoms with van der Waals surface area (Å²) in [4.78, 5) is 12.1. The molecule has 2 heterocycles. The van der Waals surface area contributed by atoms with Crippen LogP contribution in [0.3, 0.4) is 0 Å². The lowest BCUT2D eigenvalue weighted by atomic mass is 9.87. The van der Waals surface area contributed by atoms with Crippen molar-refractivity contribution in [2.45, 2.75) is 33.2 Å². The third-order valence-electron chi connectivity index (χ3n) is 3.45. The first-order chi connectivity index (χ1) is 9.93. The average molecular weight is 285 g/mol. The number of para-hydroxylation sites is 2. The predicted octanol–water partition coefficient (Wildman–Crippen LogP) is 2.58. The van der Waals surface area contributed by atoms with Crippen LogP contribution in [0, 0.1) is 5.41 Å². The van der Waals surface area contributed by atoms with E-state index in [0.717, 1.165) is 16.9 Å². The maximum absolute atomic E-state index is 6.12. The summed E-state index contributed by atoms with van der Waals surface area (Å²) in [5.74, 6) is 1.87. The Kier molecular flexibility index (Phi) is 3.25. The number of nitrogens with zero attached hydrogens (tertiary/aromatic N) is 3. The molecular weight excluding hydrogens is 266 g/mol. The van der Waals surface area contributed by atoms with Crippen molar-refractivity contribution in [2.75, 3.05) is 0 Å². The van der Waals surface area contributed by atoms with E-state index in [9.17, 15) is 0 Å². The number of aromatic nitrogens is 4. The van der Waals surface area contributed by atoms with Crippen LogP contribution < -0.4 is 5.73 Å². The topological polar surface area (TPSA) is 93.6 Å². The van der Waals surface area contributed by atoms with Gasteiger partial charge in [0.1, 0.15) is 5.82 Å². The molecule has 0 spiro atoms. The standard InChI is InChI=1S/C15H19N5O/c1-15(2,3)13(16)14-19-12(20-21-14)8-11-17-9-6-4-5-7-10(9)18-11/h4-7,13H,8,16H2,1-3H3,(H,17,18)/t13-/m0/s1. The molecule has 0 aliphatic rings. The summed E-state index contributed by atoms with van der Waals surface area (Å²) in [6, 6.07) is 7.60. The van der Waals surface area contributed by atoms with Crippen LogP contribution in [0.5, 0.6) is 0 Å². The van der Waals surface area contributed by atoms with Crippen molar-refractivity contribution in [2.24, 2.45) is 11.1 Å². The number of rotatable bonds is 3. The Labute approximate surface area is 122 Å². The minimum atomic E-state index is -0.283. The number of fused-ring (bicyclic) bond motifs is 1. The molecule has 0 aliphatic heterocycles. The van der Waals surface area contributed by atoms with Crippen molar-refractivity contribution >= 4 is 11.0 Å². The highest BCUT2D eigenvalue weighted by atomic mass is 16.5. The molecule has 0 saturated carbocycles. The predicted molar refractivity (Wildman–Crippen MR) is 79.6 cm³/mol. The van der Waals surface area contributed by atoms with E-state index < -0.39 is 0 Å². The van der Waals surface area contributed by atoms with Gasteiger partial charge in [0, 0.05) is 0 Å². The highest BCUT2D eigenvalue weighted by Gasteiger charge is 2.27. The van der Waals surface area contributed by atoms with E-state index >= 15 is 0 Å². The Bertz CT molecular complexity index is 720. The third-order valence-corrected chi connectivity index (χ3v) is 3.45. The summed E-state index contributed by atoms with van der Waals surface area (Å²) in [7, 11) is 0. The molecule has 6 nitrogen and oxygen atoms in total. The van der Waals surface area contributed by atoms with Crippen LogP contribution in [-0.4, -0.2) is 20.1 Å². The number of hydrogen-bond acceptors (Lipinski definition) is 5. The highest BCUT2D eigenvalue weighted by molar-refractivity contribution is 5.74. The van der Waals surface area contributed by atoms with Gasteiger partial charge in [0.15, 0.2) is 5.82 Å². The summed E-state index contributed by atoms with van der Waals surface area (Å²) < 4.78 is 5.27. The van der Waals surface area contributed by atoms with Crippen LogP contribution in [0.25, 0.3) is 11.0 Å². The SMILES string of the molecule is CC(C)(C)[C@@H](N)c1nc(Cc2nc3ccccc3[nH]2)no1. The van der Waals surface area contributed by atoms with Gasteiger partial charge in [0.25, 0.3) is 0 Å². The summed E-state index contributed by atoms with van der Waals surface area (Å²) in [5, 5.41) is 3.99. The first-order valence-corrected chi connectivity index (χ1v) is 6.95. The zero-order valence-corrected chi connectivity index (χ0v) is 12.4. The van der Waals surface area contributed by atoms with E-state index in [2.05, 4.69) is 20.1 Å². The maximum atomic E-state index is 6.12. The van der Waals surface area contributed by atoms with Crippen molar-refractivity contribution in [3.63, 3.8) is 0 Å². The smallest absolute Gasteiger partial charge is 0.244 e. The first kappa shape index (κ1) is 13.8. The summed E-state index contributed by atoms with van der Waals surface area (Å²) in [5.41, 5.74) is 7.93. The second-order valence-corrected chi connectivity index (χ2v) is 6.27. The minimum absolute atomic E-state index is 0.122. The number of nitrogens with one attached hydrogen (secondary N) is 1. The van der Waals surface area contributed by atoms with Gasteiger partial charge >= 0.3 is 0 Å². The molecule has 6 heteroatoms. The Morgan fingerprint density at radius 1 is 1.24 bits per heavy atom. The fourth-order valence-electron chi connectivity index (χ4n) is 2.08. The number of benzene rings is 1. The molecule has 0 saturated heterocycles. The normalized spacial score (nSPS) is 13.7. The van der Waals surface area contributed by atoms with E-state index in [1.54, 1.807) is 0 Å². The summed E-state index contributed by atoms with van der Waals surface area (Å²) >= 11 is 0. The zero-order valence-electron chi connectivity index (χ0n) is 12.4. The monoisotopic (exact) mass is 285 g/mol. The largest absolute Gasteiger partial charge is 0.342 e. The van der Waals surface area contributed by atoms with Gasteiger partial charge in [0.05, 0.1) is 23.5 Å². The lowest BCUT2D eigenvalue weighted by Crippen LogP contribution is -2.26. The van der Waals surface area contributed by atoms with E-state index in [-0.39, 0.29) is 11.5 Å². The van der Waals surface area contributed by atoms with Crippen LogP contribution in [0.1, 0.15) is 44.4 Å². The Hall–Kier alpha value is -2.21. The lowest BCUT2D eigenvalue weighted by Gasteiger charge is -2.23. The fraction of sp³-hybridized carbons (Fsp3) is 0.400. The van der Waals surface area contributed by atoms with Gasteiger partial charge in [-0.05, 0) is 17.5 Å². The first-order valence-electron chi connectivity index (χ1n) is 6.95. The molecule has 1 aromatic carbocycles. The summed E-state index contributed by atoms with van der Waals surface area (Å²) in [6.07, 6.45) is 0.495. The molecule has 2 aromatic heterocycles. The van der Waals surface area contributed by atoms with Crippen molar-refractivity contribution < 1.29 is 4.52 Å². The molecule has 110 valence electrons. The molecule has 0 bridgehead atoms. The van der Waals surface area contributed by atoms with Crippen LogP contribution in [0.15, 0.2) is 28.8 Å². The van der Waals surface area contributed by atoms with E-state index in [1.807, 2.05) is 45.0 Å². The molecule has 21 heavy (non-hydrogen) atoms. The average Bonchev–Trinajstić information content (AvgIpc) is 3.03. The third kappa shape index (κ3) is 2.80. The van der Waals surface area contributed by atoms with E-state index in [0.29, 0.717) is 18.1 Å². The van der Waals surface area contributed by atoms with Crippen LogP contribution in [0.2, 0.25) is 0 Å². The molecule has 1 atom stereocenters. The van der Waals surface area contributed by atoms with Crippen LogP contribution in [-0.2, 0) is 6.42 Å². The molecule has 3 aromatic rings. The zero-order chi connectivity index (χ0) is 15.0. The fourth-order valence-corrected chi connectivity index (χ4v) is 2.08. The molecule has 0 radical (unpaired) electrons. The molecular formula is C15H19N5O. The van der Waals surface area contributed by atoms with Gasteiger partial charge in [-0.3, -0.25) is 0 Å². The summed E-state index contributed by atoms with van der Waals surface area (Å²) in [6.45, 7) is 6.13. The van der Waals surface area contributed by atoms with Gasteiger partial charge in [-0.25, -0.2) is 4.98 Å². The van der Waals surface area contributed by atoms with Crippen molar-refractivity contribution in [3.8, 4) is 0 Å². The molecule has 0 unspecified atom stereocenters. The van der Waals surface area contributed by atoms with Crippen molar-refractivity contribution in [3.05, 3.63) is 41.8 Å². The molecule has 0 fully saturated rings. The molecule has 0 amide bonds. The quantitative estimate of drug-likeness (QED) is 0.771. The number of hydrogen-bond donors (Lipinski definition) is 2. The second kappa shape index (κ2) is 4.96. The highest BCUT2D eigenvalue weighted by Crippen LogP contribution is 2.29. The lowest BCUT2D eigenvalue weighted by molar-refractivity contribution is 0.252. The Morgan fingerprint density at radius 3 is 2.71 bits per heavy atom. The Balaban J connectivity index is 1.81. The van der Waals surface area contributed by atoms with Crippen molar-refractivity contribution in [1.82, 2.24) is 20.1 Å². The second-order valence-electron chi connectivity index (χ2n) is 6.27. The van der Waals surface area contributed by atoms with E-state index in [1.165, 1.54) is 0 Å². The van der Waals surface area contributed by atoms with Gasteiger partial charge in [-0.2, -0.15) is 4.98 Å². The maximum Gasteiger partial charge on any atom is 0.244 e. The van der Waals surface area contributed by atoms with Gasteiger partial charge in [-0.15, -0.1) is 0 Å². The van der Waals surface area contributed by atoms with Gasteiger partial charge < -0.3 is 15.2 Å². The van der Waals surface area contributed by atoms with Gasteiger partial charge in [0.2, 0.25) is 5.89 Å². The molecule has 3 N–H and O–H groups in total.